The van der Waals surface area contributed by atoms with Crippen molar-refractivity contribution in [2.75, 3.05) is 21.2 Å². The number of nitrogens with one attached hydrogen (secondary N) is 1. The predicted octanol–water partition coefficient (Wildman–Crippen LogP) is 4.14. The first-order chi connectivity index (χ1) is 10.6. The third-order valence-corrected chi connectivity index (χ3v) is 4.20. The number of hydrogen-bond donors (Lipinski definition) is 1. The lowest BCUT2D eigenvalue weighted by Gasteiger charge is -2.26. The summed E-state index contributed by atoms with van der Waals surface area (Å²) in [6.45, 7) is 2.14. The van der Waals surface area contributed by atoms with Gasteiger partial charge in [0.05, 0.1) is 13.2 Å². The van der Waals surface area contributed by atoms with E-state index in [1.807, 2.05) is 12.1 Å². The lowest BCUT2D eigenvalue weighted by molar-refractivity contribution is 0.328. The quantitative estimate of drug-likeness (QED) is 0.783. The summed E-state index contributed by atoms with van der Waals surface area (Å²) < 4.78 is 5.57. The van der Waals surface area contributed by atoms with E-state index in [1.165, 1.54) is 27.6 Å². The zero-order valence-corrected chi connectivity index (χ0v) is 13.6. The van der Waals surface area contributed by atoms with Crippen LogP contribution in [0.5, 0.6) is 5.75 Å². The van der Waals surface area contributed by atoms with E-state index in [4.69, 9.17) is 4.74 Å². The van der Waals surface area contributed by atoms with Gasteiger partial charge in [0, 0.05) is 22.7 Å². The number of H-pyrrole nitrogens is 1. The molecule has 3 nitrogen and oxygen atoms in total. The number of para-hydroxylation sites is 2. The van der Waals surface area contributed by atoms with Crippen LogP contribution in [0.3, 0.4) is 0 Å². The number of hydrogen-bond acceptors (Lipinski definition) is 2. The molecule has 1 unspecified atom stereocenters. The summed E-state index contributed by atoms with van der Waals surface area (Å²) in [7, 11) is 5.93. The average molecular weight is 294 g/mol. The monoisotopic (exact) mass is 294 g/mol. The molecule has 3 heteroatoms. The van der Waals surface area contributed by atoms with Crippen LogP contribution in [0.1, 0.15) is 22.7 Å². The number of aromatic amines is 1. The zero-order chi connectivity index (χ0) is 15.7. The van der Waals surface area contributed by atoms with E-state index in [-0.39, 0.29) is 6.04 Å². The third-order valence-electron chi connectivity index (χ3n) is 4.20. The molecule has 0 saturated carbocycles. The van der Waals surface area contributed by atoms with Crippen LogP contribution < -0.4 is 4.74 Å². The highest BCUT2D eigenvalue weighted by atomic mass is 16.5. The number of benzene rings is 2. The third kappa shape index (κ3) is 2.38. The Hall–Kier alpha value is -2.26. The van der Waals surface area contributed by atoms with Gasteiger partial charge in [-0.15, -0.1) is 0 Å². The highest BCUT2D eigenvalue weighted by Gasteiger charge is 2.23. The molecule has 22 heavy (non-hydrogen) atoms. The summed E-state index contributed by atoms with van der Waals surface area (Å²) in [6.07, 6.45) is 2.12. The fraction of sp³-hybridized carbons (Fsp3) is 0.263. The molecule has 0 aliphatic rings. The molecule has 0 radical (unpaired) electrons. The molecule has 1 aromatic heterocycles. The Morgan fingerprint density at radius 3 is 2.50 bits per heavy atom. The second-order valence-electron chi connectivity index (χ2n) is 5.85. The molecular weight excluding hydrogens is 272 g/mol. The molecule has 3 aromatic rings. The van der Waals surface area contributed by atoms with Crippen LogP contribution in [0.2, 0.25) is 0 Å². The summed E-state index contributed by atoms with van der Waals surface area (Å²) in [4.78, 5) is 5.66. The number of methoxy groups -OCH3 is 1. The van der Waals surface area contributed by atoms with Crippen molar-refractivity contribution in [1.82, 2.24) is 9.88 Å². The Morgan fingerprint density at radius 2 is 1.77 bits per heavy atom. The highest BCUT2D eigenvalue weighted by molar-refractivity contribution is 5.86. The Labute approximate surface area is 131 Å². The fourth-order valence-electron chi connectivity index (χ4n) is 3.17. The summed E-state index contributed by atoms with van der Waals surface area (Å²) >= 11 is 0. The molecule has 0 amide bonds. The first-order valence-electron chi connectivity index (χ1n) is 7.49. The van der Waals surface area contributed by atoms with Crippen molar-refractivity contribution in [2.45, 2.75) is 13.0 Å². The zero-order valence-electron chi connectivity index (χ0n) is 13.6. The van der Waals surface area contributed by atoms with Gasteiger partial charge in [-0.05, 0) is 38.2 Å². The number of ether oxygens (including phenoxy) is 1. The Balaban J connectivity index is 2.21. The molecule has 1 atom stereocenters. The van der Waals surface area contributed by atoms with Gasteiger partial charge in [-0.2, -0.15) is 0 Å². The number of nitrogens with zero attached hydrogens (tertiary/aromatic N) is 1. The standard InChI is InChI=1S/C19H22N2O/c1-13-8-7-10-14-16(12-20-18(13)14)19(21(2)3)15-9-5-6-11-17(15)22-4/h5-12,19-20H,1-4H3. The van der Waals surface area contributed by atoms with E-state index >= 15 is 0 Å². The molecule has 0 saturated heterocycles. The SMILES string of the molecule is COc1ccccc1C(c1c[nH]c2c(C)cccc12)N(C)C. The number of fused-ring (bicyclic) bond motifs is 1. The maximum Gasteiger partial charge on any atom is 0.123 e. The Morgan fingerprint density at radius 1 is 1.00 bits per heavy atom. The smallest absolute Gasteiger partial charge is 0.123 e. The van der Waals surface area contributed by atoms with Gasteiger partial charge in [0.15, 0.2) is 0 Å². The normalized spacial score (nSPS) is 12.8. The molecule has 1 heterocycles. The van der Waals surface area contributed by atoms with Gasteiger partial charge >= 0.3 is 0 Å². The van der Waals surface area contributed by atoms with Crippen LogP contribution in [0.25, 0.3) is 10.9 Å². The molecule has 0 spiro atoms. The van der Waals surface area contributed by atoms with Crippen molar-refractivity contribution in [3.05, 3.63) is 65.4 Å². The minimum atomic E-state index is 0.145. The second-order valence-corrected chi connectivity index (χ2v) is 5.85. The summed E-state index contributed by atoms with van der Waals surface area (Å²) in [5, 5.41) is 1.27. The molecule has 0 bridgehead atoms. The number of aromatic nitrogens is 1. The summed E-state index contributed by atoms with van der Waals surface area (Å²) in [5.74, 6) is 0.920. The van der Waals surface area contributed by atoms with Crippen molar-refractivity contribution in [2.24, 2.45) is 0 Å². The number of rotatable bonds is 4. The summed E-state index contributed by atoms with van der Waals surface area (Å²) in [5.41, 5.74) is 4.92. The Kier molecular flexibility index (Phi) is 3.90. The second kappa shape index (κ2) is 5.85. The minimum Gasteiger partial charge on any atom is -0.496 e. The van der Waals surface area contributed by atoms with Gasteiger partial charge in [-0.3, -0.25) is 4.90 Å². The van der Waals surface area contributed by atoms with Crippen LogP contribution >= 0.6 is 0 Å². The van der Waals surface area contributed by atoms with Gasteiger partial charge < -0.3 is 9.72 Å². The topological polar surface area (TPSA) is 28.3 Å². The van der Waals surface area contributed by atoms with Crippen molar-refractivity contribution in [3.63, 3.8) is 0 Å². The van der Waals surface area contributed by atoms with Crippen molar-refractivity contribution in [1.29, 1.82) is 0 Å². The molecule has 3 rings (SSSR count). The molecule has 0 aliphatic heterocycles. The largest absolute Gasteiger partial charge is 0.496 e. The average Bonchev–Trinajstić information content (AvgIpc) is 2.93. The minimum absolute atomic E-state index is 0.145. The van der Waals surface area contributed by atoms with Gasteiger partial charge in [0.2, 0.25) is 0 Å². The maximum absolute atomic E-state index is 5.57. The number of aryl methyl sites for hydroxylation is 1. The molecule has 0 fully saturated rings. The molecule has 114 valence electrons. The maximum atomic E-state index is 5.57. The molecular formula is C19H22N2O. The van der Waals surface area contributed by atoms with E-state index in [0.29, 0.717) is 0 Å². The van der Waals surface area contributed by atoms with Crippen molar-refractivity contribution < 1.29 is 4.74 Å². The van der Waals surface area contributed by atoms with Crippen LogP contribution in [-0.2, 0) is 0 Å². The van der Waals surface area contributed by atoms with Gasteiger partial charge in [0.25, 0.3) is 0 Å². The van der Waals surface area contributed by atoms with E-state index in [0.717, 1.165) is 5.75 Å². The van der Waals surface area contributed by atoms with Gasteiger partial charge in [-0.25, -0.2) is 0 Å². The summed E-state index contributed by atoms with van der Waals surface area (Å²) in [6, 6.07) is 14.8. The highest BCUT2D eigenvalue weighted by Crippen LogP contribution is 2.37. The van der Waals surface area contributed by atoms with E-state index in [1.54, 1.807) is 7.11 Å². The van der Waals surface area contributed by atoms with Crippen molar-refractivity contribution >= 4 is 10.9 Å². The van der Waals surface area contributed by atoms with Gasteiger partial charge in [-0.1, -0.05) is 36.4 Å². The lowest BCUT2D eigenvalue weighted by atomic mass is 9.96. The first kappa shape index (κ1) is 14.7. The molecule has 1 N–H and O–H groups in total. The van der Waals surface area contributed by atoms with Crippen LogP contribution in [0, 0.1) is 6.92 Å². The molecule has 2 aromatic carbocycles. The van der Waals surface area contributed by atoms with E-state index < -0.39 is 0 Å². The van der Waals surface area contributed by atoms with Crippen molar-refractivity contribution in [3.8, 4) is 5.75 Å². The van der Waals surface area contributed by atoms with E-state index in [2.05, 4.69) is 67.4 Å². The Bertz CT molecular complexity index is 789. The lowest BCUT2D eigenvalue weighted by Crippen LogP contribution is -2.21. The van der Waals surface area contributed by atoms with Gasteiger partial charge in [0.1, 0.15) is 5.75 Å². The van der Waals surface area contributed by atoms with Crippen LogP contribution in [0.15, 0.2) is 48.7 Å². The molecule has 0 aliphatic carbocycles. The fourth-order valence-corrected chi connectivity index (χ4v) is 3.17. The van der Waals surface area contributed by atoms with Crippen LogP contribution in [0.4, 0.5) is 0 Å². The van der Waals surface area contributed by atoms with E-state index in [9.17, 15) is 0 Å². The van der Waals surface area contributed by atoms with Crippen LogP contribution in [-0.4, -0.2) is 31.1 Å². The predicted molar refractivity (Wildman–Crippen MR) is 91.6 cm³/mol. The first-order valence-corrected chi connectivity index (χ1v) is 7.49.